The summed E-state index contributed by atoms with van der Waals surface area (Å²) in [6, 6.07) is 10.9. The Balaban J connectivity index is 2.18. The van der Waals surface area contributed by atoms with Crippen LogP contribution in [0, 0.1) is 5.92 Å². The van der Waals surface area contributed by atoms with Gasteiger partial charge in [0.25, 0.3) is 0 Å². The molecule has 0 aliphatic carbocycles. The number of hydrogen-bond acceptors (Lipinski definition) is 2. The van der Waals surface area contributed by atoms with Crippen LogP contribution in [0.4, 0.5) is 0 Å². The number of nitrogens with one attached hydrogen (secondary N) is 1. The summed E-state index contributed by atoms with van der Waals surface area (Å²) in [6.07, 6.45) is 0.208. The third kappa shape index (κ3) is 2.39. The van der Waals surface area contributed by atoms with E-state index in [1.807, 2.05) is 6.07 Å². The summed E-state index contributed by atoms with van der Waals surface area (Å²) >= 11 is 0. The maximum atomic E-state index is 5.88. The van der Waals surface area contributed by atoms with E-state index in [0.717, 1.165) is 13.2 Å². The van der Waals surface area contributed by atoms with Crippen LogP contribution >= 0.6 is 0 Å². The summed E-state index contributed by atoms with van der Waals surface area (Å²) in [6.45, 7) is 6.25. The molecule has 0 radical (unpaired) electrons. The first-order chi connectivity index (χ1) is 7.29. The molecule has 2 heteroatoms. The monoisotopic (exact) mass is 205 g/mol. The van der Waals surface area contributed by atoms with Crippen LogP contribution in [0.2, 0.25) is 0 Å². The average Bonchev–Trinajstić information content (AvgIpc) is 2.30. The number of ether oxygens (including phenoxy) is 1. The van der Waals surface area contributed by atoms with E-state index in [-0.39, 0.29) is 6.10 Å². The number of hydrogen-bond donors (Lipinski definition) is 1. The highest BCUT2D eigenvalue weighted by atomic mass is 16.5. The molecular weight excluding hydrogens is 186 g/mol. The second-order valence-corrected chi connectivity index (χ2v) is 4.43. The lowest BCUT2D eigenvalue weighted by Gasteiger charge is -2.35. The molecule has 2 nitrogen and oxygen atoms in total. The minimum Gasteiger partial charge on any atom is -0.371 e. The second kappa shape index (κ2) is 4.77. The zero-order valence-corrected chi connectivity index (χ0v) is 9.44. The summed E-state index contributed by atoms with van der Waals surface area (Å²) in [7, 11) is 0. The predicted octanol–water partition coefficient (Wildman–Crippen LogP) is 2.37. The van der Waals surface area contributed by atoms with E-state index in [1.165, 1.54) is 5.56 Å². The fourth-order valence-electron chi connectivity index (χ4n) is 2.15. The highest BCUT2D eigenvalue weighted by molar-refractivity contribution is 5.19. The molecule has 2 atom stereocenters. The van der Waals surface area contributed by atoms with Gasteiger partial charge in [-0.15, -0.1) is 0 Å². The lowest BCUT2D eigenvalue weighted by atomic mass is 9.92. The van der Waals surface area contributed by atoms with Gasteiger partial charge in [0, 0.05) is 12.6 Å². The Bertz CT molecular complexity index is 297. The van der Waals surface area contributed by atoms with Crippen molar-refractivity contribution in [1.29, 1.82) is 0 Å². The lowest BCUT2D eigenvalue weighted by molar-refractivity contribution is -0.0184. The Morgan fingerprint density at radius 1 is 1.27 bits per heavy atom. The molecule has 2 unspecified atom stereocenters. The lowest BCUT2D eigenvalue weighted by Crippen LogP contribution is -2.46. The van der Waals surface area contributed by atoms with Crippen molar-refractivity contribution in [2.45, 2.75) is 26.0 Å². The zero-order valence-electron chi connectivity index (χ0n) is 9.44. The molecule has 1 saturated heterocycles. The van der Waals surface area contributed by atoms with Gasteiger partial charge in [-0.05, 0) is 11.5 Å². The van der Waals surface area contributed by atoms with Gasteiger partial charge in [-0.3, -0.25) is 0 Å². The Kier molecular flexibility index (Phi) is 3.39. The molecule has 0 aromatic heterocycles. The van der Waals surface area contributed by atoms with Crippen molar-refractivity contribution < 1.29 is 4.74 Å². The van der Waals surface area contributed by atoms with Gasteiger partial charge < -0.3 is 10.1 Å². The van der Waals surface area contributed by atoms with E-state index in [9.17, 15) is 0 Å². The fraction of sp³-hybridized carbons (Fsp3) is 0.538. The van der Waals surface area contributed by atoms with Gasteiger partial charge in [0.15, 0.2) is 0 Å². The van der Waals surface area contributed by atoms with Crippen molar-refractivity contribution in [1.82, 2.24) is 5.32 Å². The minimum absolute atomic E-state index is 0.208. The van der Waals surface area contributed by atoms with Gasteiger partial charge >= 0.3 is 0 Å². The van der Waals surface area contributed by atoms with Crippen molar-refractivity contribution in [2.75, 3.05) is 13.2 Å². The molecule has 1 aliphatic heterocycles. The molecular formula is C13H19NO. The van der Waals surface area contributed by atoms with E-state index in [2.05, 4.69) is 43.4 Å². The van der Waals surface area contributed by atoms with Crippen molar-refractivity contribution in [2.24, 2.45) is 5.92 Å². The maximum Gasteiger partial charge on any atom is 0.0980 e. The minimum atomic E-state index is 0.208. The maximum absolute atomic E-state index is 5.88. The highest BCUT2D eigenvalue weighted by Gasteiger charge is 2.28. The first-order valence-corrected chi connectivity index (χ1v) is 5.69. The molecule has 1 aliphatic rings. The van der Waals surface area contributed by atoms with Crippen molar-refractivity contribution in [3.63, 3.8) is 0 Å². The van der Waals surface area contributed by atoms with Crippen molar-refractivity contribution in [3.05, 3.63) is 35.9 Å². The molecule has 1 fully saturated rings. The summed E-state index contributed by atoms with van der Waals surface area (Å²) in [4.78, 5) is 0. The Morgan fingerprint density at radius 3 is 2.67 bits per heavy atom. The van der Waals surface area contributed by atoms with E-state index < -0.39 is 0 Å². The normalized spacial score (nSPS) is 26.9. The Morgan fingerprint density at radius 2 is 2.00 bits per heavy atom. The molecule has 1 aromatic rings. The van der Waals surface area contributed by atoms with Gasteiger partial charge in [0.1, 0.15) is 0 Å². The van der Waals surface area contributed by atoms with Crippen LogP contribution in [0.5, 0.6) is 0 Å². The van der Waals surface area contributed by atoms with Crippen molar-refractivity contribution in [3.8, 4) is 0 Å². The van der Waals surface area contributed by atoms with E-state index in [0.29, 0.717) is 12.0 Å². The van der Waals surface area contributed by atoms with Gasteiger partial charge in [-0.1, -0.05) is 44.2 Å². The van der Waals surface area contributed by atoms with Crippen molar-refractivity contribution >= 4 is 0 Å². The third-order valence-corrected chi connectivity index (χ3v) is 2.95. The predicted molar refractivity (Wildman–Crippen MR) is 61.8 cm³/mol. The zero-order chi connectivity index (χ0) is 10.7. The average molecular weight is 205 g/mol. The van der Waals surface area contributed by atoms with Gasteiger partial charge in [-0.25, -0.2) is 0 Å². The van der Waals surface area contributed by atoms with Gasteiger partial charge in [0.05, 0.1) is 12.7 Å². The molecule has 2 rings (SSSR count). The smallest absolute Gasteiger partial charge is 0.0980 e. The highest BCUT2D eigenvalue weighted by Crippen LogP contribution is 2.27. The first kappa shape index (κ1) is 10.7. The molecule has 82 valence electrons. The molecule has 1 N–H and O–H groups in total. The van der Waals surface area contributed by atoms with E-state index in [1.54, 1.807) is 0 Å². The van der Waals surface area contributed by atoms with Crippen LogP contribution in [0.15, 0.2) is 30.3 Å². The SMILES string of the molecule is CC(C)C1NCCOC1c1ccccc1. The number of morpholine rings is 1. The topological polar surface area (TPSA) is 21.3 Å². The van der Waals surface area contributed by atoms with Crippen LogP contribution in [-0.2, 0) is 4.74 Å². The molecule has 0 saturated carbocycles. The molecule has 0 spiro atoms. The Hall–Kier alpha value is -0.860. The van der Waals surface area contributed by atoms with Crippen LogP contribution in [0.25, 0.3) is 0 Å². The van der Waals surface area contributed by atoms with Crippen LogP contribution in [-0.4, -0.2) is 19.2 Å². The number of rotatable bonds is 2. The van der Waals surface area contributed by atoms with E-state index >= 15 is 0 Å². The quantitative estimate of drug-likeness (QED) is 0.800. The summed E-state index contributed by atoms with van der Waals surface area (Å²) in [5.74, 6) is 0.593. The Labute approximate surface area is 91.6 Å². The second-order valence-electron chi connectivity index (χ2n) is 4.43. The summed E-state index contributed by atoms with van der Waals surface area (Å²) < 4.78 is 5.88. The van der Waals surface area contributed by atoms with Crippen LogP contribution in [0.1, 0.15) is 25.5 Å². The number of benzene rings is 1. The summed E-state index contributed by atoms with van der Waals surface area (Å²) in [5.41, 5.74) is 1.28. The first-order valence-electron chi connectivity index (χ1n) is 5.69. The molecule has 0 amide bonds. The molecule has 1 aromatic carbocycles. The largest absolute Gasteiger partial charge is 0.371 e. The standard InChI is InChI=1S/C13H19NO/c1-10(2)12-13(15-9-8-14-12)11-6-4-3-5-7-11/h3-7,10,12-14H,8-9H2,1-2H3. The van der Waals surface area contributed by atoms with Crippen LogP contribution in [0.3, 0.4) is 0 Å². The third-order valence-electron chi connectivity index (χ3n) is 2.95. The van der Waals surface area contributed by atoms with E-state index in [4.69, 9.17) is 4.74 Å². The molecule has 1 heterocycles. The van der Waals surface area contributed by atoms with Crippen LogP contribution < -0.4 is 5.32 Å². The molecule has 0 bridgehead atoms. The van der Waals surface area contributed by atoms with Gasteiger partial charge in [-0.2, -0.15) is 0 Å². The molecule has 15 heavy (non-hydrogen) atoms. The van der Waals surface area contributed by atoms with Gasteiger partial charge in [0.2, 0.25) is 0 Å². The summed E-state index contributed by atoms with van der Waals surface area (Å²) in [5, 5.41) is 3.54. The fourth-order valence-corrected chi connectivity index (χ4v) is 2.15.